The molecule has 2 aromatic heterocycles. The Bertz CT molecular complexity index is 662. The minimum atomic E-state index is -0.578. The zero-order chi connectivity index (χ0) is 12.0. The van der Waals surface area contributed by atoms with Crippen molar-refractivity contribution in [2.24, 2.45) is 0 Å². The first kappa shape index (κ1) is 9.84. The molecule has 2 aromatic rings. The van der Waals surface area contributed by atoms with Gasteiger partial charge in [0.2, 0.25) is 0 Å². The predicted molar refractivity (Wildman–Crippen MR) is 60.9 cm³/mol. The lowest BCUT2D eigenvalue weighted by Gasteiger charge is -2.17. The molecular formula is C13H8N2O2. The van der Waals surface area contributed by atoms with Crippen molar-refractivity contribution < 1.29 is 9.59 Å². The molecule has 0 bridgehead atoms. The zero-order valence-electron chi connectivity index (χ0n) is 9.10. The third kappa shape index (κ3) is 1.24. The molecule has 1 aliphatic carbocycles. The first-order chi connectivity index (χ1) is 8.20. The van der Waals surface area contributed by atoms with Crippen LogP contribution in [-0.2, 0) is 0 Å². The number of hydrogen-bond donors (Lipinski definition) is 0. The minimum Gasteiger partial charge on any atom is -0.283 e. The van der Waals surface area contributed by atoms with Crippen LogP contribution in [0.4, 0.5) is 0 Å². The summed E-state index contributed by atoms with van der Waals surface area (Å²) < 4.78 is 0. The van der Waals surface area contributed by atoms with E-state index < -0.39 is 11.6 Å². The van der Waals surface area contributed by atoms with Gasteiger partial charge < -0.3 is 0 Å². The molecular weight excluding hydrogens is 216 g/mol. The van der Waals surface area contributed by atoms with Crippen molar-refractivity contribution in [3.05, 3.63) is 47.5 Å². The molecule has 17 heavy (non-hydrogen) atoms. The van der Waals surface area contributed by atoms with Gasteiger partial charge in [-0.2, -0.15) is 0 Å². The quantitative estimate of drug-likeness (QED) is 0.640. The van der Waals surface area contributed by atoms with Crippen LogP contribution in [0.15, 0.2) is 30.6 Å². The van der Waals surface area contributed by atoms with Crippen LogP contribution in [0.2, 0.25) is 0 Å². The second kappa shape index (κ2) is 3.31. The molecule has 3 rings (SSSR count). The van der Waals surface area contributed by atoms with Crippen molar-refractivity contribution in [1.82, 2.24) is 9.97 Å². The van der Waals surface area contributed by atoms with Gasteiger partial charge in [0.25, 0.3) is 11.6 Å². The van der Waals surface area contributed by atoms with E-state index in [1.165, 1.54) is 6.20 Å². The van der Waals surface area contributed by atoms with Crippen LogP contribution < -0.4 is 0 Å². The molecule has 0 N–H and O–H groups in total. The van der Waals surface area contributed by atoms with Crippen LogP contribution in [0.25, 0.3) is 11.1 Å². The standard InChI is InChI=1S/C13H8N2O2/c1-7-4-6-15-11-9(7)8-3-2-5-14-10(8)12(16)13(11)17/h2-6H,1H3. The highest BCUT2D eigenvalue weighted by Gasteiger charge is 2.33. The fourth-order valence-corrected chi connectivity index (χ4v) is 2.07. The van der Waals surface area contributed by atoms with Gasteiger partial charge in [-0.15, -0.1) is 0 Å². The topological polar surface area (TPSA) is 59.9 Å². The van der Waals surface area contributed by atoms with Crippen molar-refractivity contribution in [2.45, 2.75) is 6.92 Å². The van der Waals surface area contributed by atoms with Gasteiger partial charge in [0.1, 0.15) is 11.4 Å². The van der Waals surface area contributed by atoms with Gasteiger partial charge in [-0.25, -0.2) is 0 Å². The highest BCUT2D eigenvalue weighted by Crippen LogP contribution is 2.33. The maximum atomic E-state index is 11.9. The maximum Gasteiger partial charge on any atom is 0.254 e. The van der Waals surface area contributed by atoms with Crippen molar-refractivity contribution in [2.75, 3.05) is 0 Å². The summed E-state index contributed by atoms with van der Waals surface area (Å²) in [4.78, 5) is 31.7. The van der Waals surface area contributed by atoms with Crippen LogP contribution >= 0.6 is 0 Å². The van der Waals surface area contributed by atoms with E-state index in [-0.39, 0.29) is 11.4 Å². The Labute approximate surface area is 97.3 Å². The van der Waals surface area contributed by atoms with Crippen LogP contribution in [-0.4, -0.2) is 21.5 Å². The van der Waals surface area contributed by atoms with Gasteiger partial charge in [0.15, 0.2) is 0 Å². The van der Waals surface area contributed by atoms with E-state index >= 15 is 0 Å². The number of ketones is 2. The number of fused-ring (bicyclic) bond motifs is 3. The molecule has 0 saturated heterocycles. The number of aromatic nitrogens is 2. The Balaban J connectivity index is 2.45. The summed E-state index contributed by atoms with van der Waals surface area (Å²) in [5.74, 6) is -1.15. The molecule has 0 unspecified atom stereocenters. The molecule has 0 aliphatic heterocycles. The minimum absolute atomic E-state index is 0.223. The molecule has 0 aromatic carbocycles. The largest absolute Gasteiger partial charge is 0.283 e. The third-order valence-corrected chi connectivity index (χ3v) is 2.87. The first-order valence-electron chi connectivity index (χ1n) is 5.20. The lowest BCUT2D eigenvalue weighted by Crippen LogP contribution is -2.24. The lowest BCUT2D eigenvalue weighted by atomic mass is 9.88. The number of carbonyl (C=O) groups is 2. The Kier molecular flexibility index (Phi) is 1.92. The van der Waals surface area contributed by atoms with Crippen molar-refractivity contribution in [3.8, 4) is 11.1 Å². The molecule has 0 saturated carbocycles. The molecule has 0 fully saturated rings. The number of pyridine rings is 2. The predicted octanol–water partition coefficient (Wildman–Crippen LogP) is 1.83. The normalized spacial score (nSPS) is 13.2. The number of rotatable bonds is 0. The van der Waals surface area contributed by atoms with Crippen LogP contribution in [0, 0.1) is 6.92 Å². The Morgan fingerprint density at radius 1 is 0.941 bits per heavy atom. The van der Waals surface area contributed by atoms with E-state index in [1.54, 1.807) is 18.3 Å². The molecule has 0 atom stereocenters. The molecule has 2 heterocycles. The fourth-order valence-electron chi connectivity index (χ4n) is 2.07. The third-order valence-electron chi connectivity index (χ3n) is 2.87. The Morgan fingerprint density at radius 2 is 1.65 bits per heavy atom. The highest BCUT2D eigenvalue weighted by molar-refractivity contribution is 6.52. The van der Waals surface area contributed by atoms with Gasteiger partial charge >= 0.3 is 0 Å². The van der Waals surface area contributed by atoms with E-state index in [0.29, 0.717) is 5.56 Å². The molecule has 4 heteroatoms. The van der Waals surface area contributed by atoms with Gasteiger partial charge in [0, 0.05) is 23.5 Å². The van der Waals surface area contributed by atoms with Gasteiger partial charge in [0.05, 0.1) is 0 Å². The number of carbonyl (C=O) groups excluding carboxylic acids is 2. The SMILES string of the molecule is Cc1ccnc2c1-c1cccnc1C(=O)C2=O. The monoisotopic (exact) mass is 224 g/mol. The maximum absolute atomic E-state index is 11.9. The van der Waals surface area contributed by atoms with Gasteiger partial charge in [-0.1, -0.05) is 6.07 Å². The van der Waals surface area contributed by atoms with Crippen LogP contribution in [0.1, 0.15) is 26.5 Å². The van der Waals surface area contributed by atoms with E-state index in [1.807, 2.05) is 13.0 Å². The second-order valence-electron chi connectivity index (χ2n) is 3.91. The summed E-state index contributed by atoms with van der Waals surface area (Å²) in [7, 11) is 0. The summed E-state index contributed by atoms with van der Waals surface area (Å²) in [6.07, 6.45) is 3.06. The average Bonchev–Trinajstić information content (AvgIpc) is 2.36. The molecule has 82 valence electrons. The molecule has 0 radical (unpaired) electrons. The number of hydrogen-bond acceptors (Lipinski definition) is 4. The summed E-state index contributed by atoms with van der Waals surface area (Å²) in [6.45, 7) is 1.89. The average molecular weight is 224 g/mol. The van der Waals surface area contributed by atoms with Gasteiger partial charge in [-0.05, 0) is 24.6 Å². The number of aryl methyl sites for hydroxylation is 1. The zero-order valence-corrected chi connectivity index (χ0v) is 9.10. The Hall–Kier alpha value is -2.36. The Morgan fingerprint density at radius 3 is 2.47 bits per heavy atom. The van der Waals surface area contributed by atoms with Crippen molar-refractivity contribution >= 4 is 11.6 Å². The summed E-state index contributed by atoms with van der Waals surface area (Å²) in [5.41, 5.74) is 2.79. The lowest BCUT2D eigenvalue weighted by molar-refractivity contribution is 0.0809. The molecule has 4 nitrogen and oxygen atoms in total. The highest BCUT2D eigenvalue weighted by atomic mass is 16.2. The van der Waals surface area contributed by atoms with Gasteiger partial charge in [-0.3, -0.25) is 19.6 Å². The second-order valence-corrected chi connectivity index (χ2v) is 3.91. The first-order valence-corrected chi connectivity index (χ1v) is 5.20. The van der Waals surface area contributed by atoms with E-state index in [9.17, 15) is 9.59 Å². The summed E-state index contributed by atoms with van der Waals surface area (Å²) >= 11 is 0. The summed E-state index contributed by atoms with van der Waals surface area (Å²) in [6, 6.07) is 5.36. The van der Waals surface area contributed by atoms with Crippen molar-refractivity contribution in [1.29, 1.82) is 0 Å². The van der Waals surface area contributed by atoms with E-state index in [0.717, 1.165) is 11.1 Å². The van der Waals surface area contributed by atoms with Crippen molar-refractivity contribution in [3.63, 3.8) is 0 Å². The number of Topliss-reactive ketones (excluding diaryl/α,β-unsaturated/α-hetero) is 2. The smallest absolute Gasteiger partial charge is 0.254 e. The summed E-state index contributed by atoms with van der Waals surface area (Å²) in [5, 5.41) is 0. The molecule has 0 spiro atoms. The fraction of sp³-hybridized carbons (Fsp3) is 0.0769. The molecule has 0 amide bonds. The van der Waals surface area contributed by atoms with Crippen LogP contribution in [0.5, 0.6) is 0 Å². The van der Waals surface area contributed by atoms with E-state index in [2.05, 4.69) is 9.97 Å². The van der Waals surface area contributed by atoms with E-state index in [4.69, 9.17) is 0 Å². The van der Waals surface area contributed by atoms with Crippen LogP contribution in [0.3, 0.4) is 0 Å². The number of nitrogens with zero attached hydrogens (tertiary/aromatic N) is 2. The molecule has 1 aliphatic rings.